The number of benzene rings is 1. The van der Waals surface area contributed by atoms with Gasteiger partial charge >= 0.3 is 11.4 Å². The molecule has 2 rings (SSSR count). The molecule has 0 saturated carbocycles. The van der Waals surface area contributed by atoms with Crippen molar-refractivity contribution in [1.29, 1.82) is 0 Å². The third kappa shape index (κ3) is 1.68. The van der Waals surface area contributed by atoms with Gasteiger partial charge in [0.25, 0.3) is 0 Å². The van der Waals surface area contributed by atoms with E-state index in [-0.39, 0.29) is 0 Å². The summed E-state index contributed by atoms with van der Waals surface area (Å²) < 4.78 is 4.42. The van der Waals surface area contributed by atoms with Gasteiger partial charge in [-0.25, -0.2) is 9.59 Å². The molecule has 0 atom stereocenters. The van der Waals surface area contributed by atoms with Crippen molar-refractivity contribution in [1.82, 2.24) is 4.98 Å². The Morgan fingerprint density at radius 3 is 2.80 bits per heavy atom. The molecule has 1 aromatic carbocycles. The van der Waals surface area contributed by atoms with Crippen molar-refractivity contribution < 1.29 is 4.42 Å². The fourth-order valence-electron chi connectivity index (χ4n) is 1.44. The second-order valence-electron chi connectivity index (χ2n) is 3.14. The van der Waals surface area contributed by atoms with Crippen LogP contribution >= 0.6 is 11.6 Å². The smallest absolute Gasteiger partial charge is 0.372 e. The van der Waals surface area contributed by atoms with Crippen molar-refractivity contribution in [3.05, 3.63) is 43.7 Å². The van der Waals surface area contributed by atoms with E-state index < -0.39 is 11.4 Å². The second kappa shape index (κ2) is 3.55. The number of aromatic amines is 1. The number of rotatable bonds is 1. The van der Waals surface area contributed by atoms with E-state index in [1.165, 1.54) is 0 Å². The van der Waals surface area contributed by atoms with Crippen molar-refractivity contribution in [3.8, 4) is 0 Å². The molecule has 78 valence electrons. The molecule has 4 nitrogen and oxygen atoms in total. The van der Waals surface area contributed by atoms with Crippen molar-refractivity contribution >= 4 is 22.5 Å². The van der Waals surface area contributed by atoms with Gasteiger partial charge in [-0.15, -0.1) is 0 Å². The fourth-order valence-corrected chi connectivity index (χ4v) is 1.73. The molecule has 0 radical (unpaired) electrons. The number of hydrogen-bond acceptors (Lipinski definition) is 3. The minimum atomic E-state index is -0.771. The normalized spacial score (nSPS) is 10.8. The Balaban J connectivity index is 2.94. The van der Waals surface area contributed by atoms with Crippen LogP contribution in [0.4, 0.5) is 0 Å². The van der Waals surface area contributed by atoms with E-state index in [0.29, 0.717) is 22.3 Å². The Kier molecular flexibility index (Phi) is 2.36. The number of nitrogens with one attached hydrogen (secondary N) is 1. The standard InChI is InChI=1S/C10H8ClNO3/c1-2-5-3-6-8(4-7(5)11)12-10(14)15-9(6)13/h3-4H,2H2,1H3,(H,12,14). The van der Waals surface area contributed by atoms with Crippen molar-refractivity contribution in [2.45, 2.75) is 13.3 Å². The zero-order chi connectivity index (χ0) is 11.0. The van der Waals surface area contributed by atoms with Crippen LogP contribution in [-0.2, 0) is 6.42 Å². The number of halogens is 1. The first-order valence-corrected chi connectivity index (χ1v) is 4.85. The van der Waals surface area contributed by atoms with Crippen LogP contribution in [0.5, 0.6) is 0 Å². The lowest BCUT2D eigenvalue weighted by Gasteiger charge is -2.02. The summed E-state index contributed by atoms with van der Waals surface area (Å²) in [5.74, 6) is -0.771. The lowest BCUT2D eigenvalue weighted by Crippen LogP contribution is -2.14. The molecule has 5 heteroatoms. The molecule has 1 N–H and O–H groups in total. The largest absolute Gasteiger partial charge is 0.419 e. The van der Waals surface area contributed by atoms with E-state index >= 15 is 0 Å². The lowest BCUT2D eigenvalue weighted by atomic mass is 10.1. The first-order valence-electron chi connectivity index (χ1n) is 4.47. The summed E-state index contributed by atoms with van der Waals surface area (Å²) in [6, 6.07) is 3.20. The van der Waals surface area contributed by atoms with Crippen molar-refractivity contribution in [3.63, 3.8) is 0 Å². The molecule has 0 fully saturated rings. The van der Waals surface area contributed by atoms with Crippen LogP contribution in [0.2, 0.25) is 5.02 Å². The van der Waals surface area contributed by atoms with Gasteiger partial charge in [-0.2, -0.15) is 0 Å². The summed E-state index contributed by atoms with van der Waals surface area (Å²) in [5, 5.41) is 0.877. The van der Waals surface area contributed by atoms with Gasteiger partial charge in [0, 0.05) is 5.02 Å². The van der Waals surface area contributed by atoms with E-state index in [4.69, 9.17) is 11.6 Å². The lowest BCUT2D eigenvalue weighted by molar-refractivity contribution is 0.460. The Morgan fingerprint density at radius 2 is 2.13 bits per heavy atom. The number of aromatic nitrogens is 1. The first kappa shape index (κ1) is 9.98. The van der Waals surface area contributed by atoms with Gasteiger partial charge in [-0.1, -0.05) is 18.5 Å². The maximum absolute atomic E-state index is 11.3. The summed E-state index contributed by atoms with van der Waals surface area (Å²) >= 11 is 5.95. The highest BCUT2D eigenvalue weighted by molar-refractivity contribution is 6.32. The van der Waals surface area contributed by atoms with Gasteiger partial charge in [-0.3, -0.25) is 4.98 Å². The summed E-state index contributed by atoms with van der Waals surface area (Å²) in [6.07, 6.45) is 0.716. The third-order valence-electron chi connectivity index (χ3n) is 2.21. The minimum absolute atomic E-state index is 0.343. The Morgan fingerprint density at radius 1 is 1.40 bits per heavy atom. The van der Waals surface area contributed by atoms with Crippen molar-refractivity contribution in [2.24, 2.45) is 0 Å². The molecule has 0 aliphatic carbocycles. The third-order valence-corrected chi connectivity index (χ3v) is 2.56. The summed E-state index contributed by atoms with van der Waals surface area (Å²) in [7, 11) is 0. The highest BCUT2D eigenvalue weighted by Crippen LogP contribution is 2.20. The van der Waals surface area contributed by atoms with Gasteiger partial charge in [-0.05, 0) is 24.1 Å². The summed E-state index contributed by atoms with van der Waals surface area (Å²) in [4.78, 5) is 24.7. The van der Waals surface area contributed by atoms with Crippen LogP contribution < -0.4 is 11.4 Å². The molecule has 15 heavy (non-hydrogen) atoms. The zero-order valence-electron chi connectivity index (χ0n) is 7.96. The van der Waals surface area contributed by atoms with Gasteiger partial charge in [0.2, 0.25) is 0 Å². The van der Waals surface area contributed by atoms with Gasteiger partial charge < -0.3 is 4.42 Å². The highest BCUT2D eigenvalue weighted by atomic mass is 35.5. The van der Waals surface area contributed by atoms with Crippen LogP contribution in [0, 0.1) is 0 Å². The van der Waals surface area contributed by atoms with Gasteiger partial charge in [0.05, 0.1) is 10.9 Å². The monoisotopic (exact) mass is 225 g/mol. The van der Waals surface area contributed by atoms with Crippen LogP contribution in [0.1, 0.15) is 12.5 Å². The maximum Gasteiger partial charge on any atom is 0.419 e. The van der Waals surface area contributed by atoms with Gasteiger partial charge in [0.1, 0.15) is 0 Å². The van der Waals surface area contributed by atoms with Crippen LogP contribution in [-0.4, -0.2) is 4.98 Å². The zero-order valence-corrected chi connectivity index (χ0v) is 8.72. The Labute approximate surface area is 89.5 Å². The molecule has 0 spiro atoms. The predicted octanol–water partition coefficient (Wildman–Crippen LogP) is 1.70. The van der Waals surface area contributed by atoms with E-state index in [0.717, 1.165) is 5.56 Å². The molecule has 0 amide bonds. The van der Waals surface area contributed by atoms with Crippen LogP contribution in [0.25, 0.3) is 10.9 Å². The maximum atomic E-state index is 11.3. The molecular formula is C10H8ClNO3. The molecule has 0 bridgehead atoms. The Bertz CT molecular complexity index is 627. The van der Waals surface area contributed by atoms with E-state index in [1.54, 1.807) is 12.1 Å². The highest BCUT2D eigenvalue weighted by Gasteiger charge is 2.06. The number of hydrogen-bond donors (Lipinski definition) is 1. The fraction of sp³-hybridized carbons (Fsp3) is 0.200. The topological polar surface area (TPSA) is 63.1 Å². The molecule has 0 saturated heterocycles. The van der Waals surface area contributed by atoms with E-state index in [2.05, 4.69) is 9.40 Å². The van der Waals surface area contributed by atoms with Crippen molar-refractivity contribution in [2.75, 3.05) is 0 Å². The quantitative estimate of drug-likeness (QED) is 0.804. The predicted molar refractivity (Wildman–Crippen MR) is 57.5 cm³/mol. The number of aryl methyl sites for hydroxylation is 1. The SMILES string of the molecule is CCc1cc2c(=O)oc(=O)[nH]c2cc1Cl. The van der Waals surface area contributed by atoms with Crippen LogP contribution in [0.15, 0.2) is 26.1 Å². The van der Waals surface area contributed by atoms with Gasteiger partial charge in [0.15, 0.2) is 0 Å². The first-order chi connectivity index (χ1) is 7.11. The second-order valence-corrected chi connectivity index (χ2v) is 3.55. The number of fused-ring (bicyclic) bond motifs is 1. The Hall–Kier alpha value is -1.55. The van der Waals surface area contributed by atoms with E-state index in [9.17, 15) is 9.59 Å². The van der Waals surface area contributed by atoms with E-state index in [1.807, 2.05) is 6.92 Å². The number of H-pyrrole nitrogens is 1. The molecule has 0 aliphatic rings. The average Bonchev–Trinajstić information content (AvgIpc) is 2.16. The molecular weight excluding hydrogens is 218 g/mol. The molecule has 2 aromatic rings. The minimum Gasteiger partial charge on any atom is -0.372 e. The van der Waals surface area contributed by atoms with Crippen LogP contribution in [0.3, 0.4) is 0 Å². The molecule has 0 aliphatic heterocycles. The molecule has 1 heterocycles. The molecule has 1 aromatic heterocycles. The summed E-state index contributed by atoms with van der Waals surface area (Å²) in [6.45, 7) is 1.93. The average molecular weight is 226 g/mol. The summed E-state index contributed by atoms with van der Waals surface area (Å²) in [5.41, 5.74) is 0.613. The molecule has 0 unspecified atom stereocenters.